The molecule has 11 nitrogen and oxygen atoms in total. The lowest BCUT2D eigenvalue weighted by molar-refractivity contribution is 0.0333. The van der Waals surface area contributed by atoms with Crippen LogP contribution in [-0.2, 0) is 28.9 Å². The minimum Gasteiger partial charge on any atom is -0.507 e. The Balaban J connectivity index is 0.782. The predicted octanol–water partition coefficient (Wildman–Crippen LogP) is 7.73. The molecule has 0 aliphatic carbocycles. The van der Waals surface area contributed by atoms with E-state index in [9.17, 15) is 14.7 Å². The van der Waals surface area contributed by atoms with E-state index in [0.717, 1.165) is 53.8 Å². The monoisotopic (exact) mass is 743 g/mol. The van der Waals surface area contributed by atoms with Crippen LogP contribution in [0.4, 0.5) is 0 Å². The molecule has 4 aromatic carbocycles. The van der Waals surface area contributed by atoms with Crippen LogP contribution < -0.4 is 14.9 Å². The van der Waals surface area contributed by atoms with Crippen LogP contribution in [0.2, 0.25) is 0 Å². The molecule has 0 saturated carbocycles. The van der Waals surface area contributed by atoms with Crippen molar-refractivity contribution in [1.82, 2.24) is 15.0 Å². The molecule has 2 heterocycles. The number of carbonyl (C=O) groups excluding carboxylic acids is 1. The van der Waals surface area contributed by atoms with Gasteiger partial charge in [-0.05, 0) is 104 Å². The van der Waals surface area contributed by atoms with Crippen LogP contribution in [0.3, 0.4) is 0 Å². The first kappa shape index (κ1) is 38.7. The number of nitrogens with zero attached hydrogens (tertiary/aromatic N) is 3. The SMILES string of the molecule is CCc1ccc(O)c(C(=O)/C=C/c2ccc(OCCCCc3cn(CCOCCOCCOc4ccc(-c5cc(=O)c6ccccc6o5)cc4)nn3)cc2)c1. The number of phenols is 1. The number of carbonyl (C=O) groups is 1. The molecule has 0 fully saturated rings. The molecule has 1 N–H and O–H groups in total. The van der Waals surface area contributed by atoms with E-state index in [0.29, 0.717) is 74.2 Å². The normalized spacial score (nSPS) is 11.4. The maximum atomic E-state index is 12.6. The van der Waals surface area contributed by atoms with Gasteiger partial charge in [0.05, 0.1) is 56.2 Å². The summed E-state index contributed by atoms with van der Waals surface area (Å²) in [5.41, 5.74) is 4.39. The summed E-state index contributed by atoms with van der Waals surface area (Å²) in [6.45, 7) is 5.44. The van der Waals surface area contributed by atoms with Gasteiger partial charge in [-0.2, -0.15) is 0 Å². The van der Waals surface area contributed by atoms with E-state index in [1.165, 1.54) is 12.1 Å². The highest BCUT2D eigenvalue weighted by Gasteiger charge is 2.10. The lowest BCUT2D eigenvalue weighted by atomic mass is 10.0. The van der Waals surface area contributed by atoms with Gasteiger partial charge in [0.2, 0.25) is 0 Å². The number of phenolic OH excluding ortho intramolecular Hbond substituents is 1. The fourth-order valence-electron chi connectivity index (χ4n) is 5.76. The van der Waals surface area contributed by atoms with E-state index >= 15 is 0 Å². The maximum Gasteiger partial charge on any atom is 0.193 e. The summed E-state index contributed by atoms with van der Waals surface area (Å²) in [6, 6.07) is 28.8. The molecular formula is C44H45N3O8. The number of fused-ring (bicyclic) bond motifs is 1. The van der Waals surface area contributed by atoms with E-state index in [1.54, 1.807) is 35.0 Å². The van der Waals surface area contributed by atoms with E-state index in [-0.39, 0.29) is 17.0 Å². The summed E-state index contributed by atoms with van der Waals surface area (Å²) >= 11 is 0. The number of benzene rings is 4. The molecule has 0 bridgehead atoms. The van der Waals surface area contributed by atoms with Crippen molar-refractivity contribution in [1.29, 1.82) is 0 Å². The zero-order valence-electron chi connectivity index (χ0n) is 30.9. The third-order valence-electron chi connectivity index (χ3n) is 8.83. The summed E-state index contributed by atoms with van der Waals surface area (Å²) in [6.07, 6.45) is 8.54. The quantitative estimate of drug-likeness (QED) is 0.0443. The second-order valence-corrected chi connectivity index (χ2v) is 12.8. The molecule has 0 amide bonds. The van der Waals surface area contributed by atoms with Crippen LogP contribution in [0, 0.1) is 0 Å². The van der Waals surface area contributed by atoms with Crippen LogP contribution in [0.5, 0.6) is 17.2 Å². The van der Waals surface area contributed by atoms with Crippen LogP contribution in [0.1, 0.15) is 46.9 Å². The highest BCUT2D eigenvalue weighted by molar-refractivity contribution is 6.08. The Hall–Kier alpha value is -6.04. The topological polar surface area (TPSA) is 135 Å². The molecule has 0 atom stereocenters. The van der Waals surface area contributed by atoms with Gasteiger partial charge in [-0.3, -0.25) is 9.59 Å². The third-order valence-corrected chi connectivity index (χ3v) is 8.83. The van der Waals surface area contributed by atoms with Gasteiger partial charge in [0.25, 0.3) is 0 Å². The molecule has 55 heavy (non-hydrogen) atoms. The van der Waals surface area contributed by atoms with E-state index in [4.69, 9.17) is 23.4 Å². The molecule has 0 radical (unpaired) electrons. The van der Waals surface area contributed by atoms with Crippen LogP contribution in [0.15, 0.2) is 119 Å². The molecule has 6 rings (SSSR count). The first-order chi connectivity index (χ1) is 26.9. The smallest absolute Gasteiger partial charge is 0.193 e. The Morgan fingerprint density at radius 1 is 0.818 bits per heavy atom. The molecule has 0 aliphatic rings. The summed E-state index contributed by atoms with van der Waals surface area (Å²) in [5.74, 6) is 1.73. The third kappa shape index (κ3) is 11.5. The number of aromatic hydroxyl groups is 1. The fourth-order valence-corrected chi connectivity index (χ4v) is 5.76. The number of para-hydroxylation sites is 1. The van der Waals surface area contributed by atoms with Gasteiger partial charge in [0.1, 0.15) is 35.2 Å². The second kappa shape index (κ2) is 19.9. The fraction of sp³-hybridized carbons (Fsp3) is 0.273. The Bertz CT molecular complexity index is 2230. The molecule has 284 valence electrons. The highest BCUT2D eigenvalue weighted by Crippen LogP contribution is 2.25. The number of aryl methyl sites for hydroxylation is 2. The van der Waals surface area contributed by atoms with Crippen LogP contribution >= 0.6 is 0 Å². The number of hydrogen-bond donors (Lipinski definition) is 1. The number of unbranched alkanes of at least 4 members (excludes halogenated alkanes) is 1. The van der Waals surface area contributed by atoms with Gasteiger partial charge in [-0.15, -0.1) is 5.10 Å². The Labute approximate surface area is 319 Å². The Morgan fingerprint density at radius 3 is 2.35 bits per heavy atom. The first-order valence-corrected chi connectivity index (χ1v) is 18.5. The molecular weight excluding hydrogens is 698 g/mol. The average molecular weight is 744 g/mol. The van der Waals surface area contributed by atoms with E-state index in [1.807, 2.05) is 79.9 Å². The van der Waals surface area contributed by atoms with Gasteiger partial charge >= 0.3 is 0 Å². The molecule has 0 unspecified atom stereocenters. The molecule has 0 spiro atoms. The first-order valence-electron chi connectivity index (χ1n) is 18.5. The highest BCUT2D eigenvalue weighted by atomic mass is 16.5. The zero-order chi connectivity index (χ0) is 38.2. The van der Waals surface area contributed by atoms with E-state index in [2.05, 4.69) is 10.3 Å². The number of hydrogen-bond acceptors (Lipinski definition) is 10. The standard InChI is InChI=1S/C44H45N3O8/c1-2-32-12-20-40(48)39(29-32)41(49)21-13-33-10-16-36(17-11-33)53-23-6-5-7-35-31-47(46-45-35)22-24-51-25-26-52-27-28-54-37-18-14-34(15-19-37)44-30-42(50)38-8-3-4-9-43(38)55-44/h3-4,8-21,29-31,48H,2,5-7,22-28H2,1H3/b21-13+. The minimum atomic E-state index is -0.236. The number of ketones is 1. The second-order valence-electron chi connectivity index (χ2n) is 12.8. The summed E-state index contributed by atoms with van der Waals surface area (Å²) in [7, 11) is 0. The van der Waals surface area contributed by atoms with Crippen molar-refractivity contribution in [2.75, 3.05) is 39.6 Å². The number of rotatable bonds is 21. The molecule has 0 aliphatic heterocycles. The van der Waals surface area contributed by atoms with Gasteiger partial charge in [-0.1, -0.05) is 48.5 Å². The molecule has 11 heteroatoms. The average Bonchev–Trinajstić information content (AvgIpc) is 3.67. The lowest BCUT2D eigenvalue weighted by Gasteiger charge is -2.09. The van der Waals surface area contributed by atoms with Gasteiger partial charge in [0, 0.05) is 17.8 Å². The summed E-state index contributed by atoms with van der Waals surface area (Å²) < 4.78 is 30.7. The lowest BCUT2D eigenvalue weighted by Crippen LogP contribution is -2.13. The van der Waals surface area contributed by atoms with Crippen LogP contribution in [0.25, 0.3) is 28.4 Å². The largest absolute Gasteiger partial charge is 0.507 e. The Kier molecular flexibility index (Phi) is 14.0. The van der Waals surface area contributed by atoms with Gasteiger partial charge < -0.3 is 28.5 Å². The molecule has 2 aromatic heterocycles. The van der Waals surface area contributed by atoms with Crippen molar-refractivity contribution in [3.63, 3.8) is 0 Å². The predicted molar refractivity (Wildman–Crippen MR) is 211 cm³/mol. The van der Waals surface area contributed by atoms with Gasteiger partial charge in [-0.25, -0.2) is 4.68 Å². The molecule has 6 aromatic rings. The van der Waals surface area contributed by atoms with Crippen molar-refractivity contribution in [2.45, 2.75) is 39.2 Å². The number of aromatic nitrogens is 3. The minimum absolute atomic E-state index is 0.0124. The maximum absolute atomic E-state index is 12.6. The van der Waals surface area contributed by atoms with Gasteiger partial charge in [0.15, 0.2) is 11.2 Å². The zero-order valence-corrected chi connectivity index (χ0v) is 30.9. The van der Waals surface area contributed by atoms with Crippen molar-refractivity contribution in [3.05, 3.63) is 142 Å². The van der Waals surface area contributed by atoms with Crippen LogP contribution in [-0.4, -0.2) is 65.5 Å². The summed E-state index contributed by atoms with van der Waals surface area (Å²) in [4.78, 5) is 25.0. The summed E-state index contributed by atoms with van der Waals surface area (Å²) in [5, 5.41) is 19.1. The van der Waals surface area contributed by atoms with Crippen molar-refractivity contribution in [3.8, 4) is 28.6 Å². The molecule has 0 saturated heterocycles. The van der Waals surface area contributed by atoms with Crippen molar-refractivity contribution in [2.24, 2.45) is 0 Å². The van der Waals surface area contributed by atoms with E-state index < -0.39 is 0 Å². The van der Waals surface area contributed by atoms with Crippen molar-refractivity contribution < 1.29 is 33.3 Å². The number of allylic oxidation sites excluding steroid dienone is 1. The Morgan fingerprint density at radius 2 is 1.55 bits per heavy atom. The number of ether oxygens (including phenoxy) is 4. The van der Waals surface area contributed by atoms with Crippen molar-refractivity contribution >= 4 is 22.8 Å².